The predicted molar refractivity (Wildman–Crippen MR) is 88.6 cm³/mol. The minimum atomic E-state index is -0.485. The highest BCUT2D eigenvalue weighted by atomic mass is 16.5. The first-order valence-electron chi connectivity index (χ1n) is 7.50. The van der Waals surface area contributed by atoms with Gasteiger partial charge in [0.2, 0.25) is 0 Å². The van der Waals surface area contributed by atoms with E-state index in [9.17, 15) is 14.4 Å². The van der Waals surface area contributed by atoms with E-state index in [0.717, 1.165) is 4.68 Å². The number of ether oxygens (including phenoxy) is 1. The van der Waals surface area contributed by atoms with Gasteiger partial charge in [-0.25, -0.2) is 14.0 Å². The molecule has 3 aromatic heterocycles. The second-order valence-corrected chi connectivity index (χ2v) is 5.16. The van der Waals surface area contributed by atoms with Crippen molar-refractivity contribution < 1.29 is 14.3 Å². The number of aryl methyl sites for hydroxylation is 1. The van der Waals surface area contributed by atoms with E-state index in [4.69, 9.17) is 4.74 Å². The van der Waals surface area contributed by atoms with Gasteiger partial charge in [-0.05, 0) is 25.1 Å². The SMILES string of the molecule is CCOC(=O)c1cnn2ccc(NC(=O)c3ccc(=O)n(C)n3)cc12. The fourth-order valence-corrected chi connectivity index (χ4v) is 2.24. The molecule has 1 amide bonds. The van der Waals surface area contributed by atoms with Gasteiger partial charge in [-0.2, -0.15) is 10.2 Å². The summed E-state index contributed by atoms with van der Waals surface area (Å²) in [7, 11) is 1.46. The molecule has 3 heterocycles. The molecule has 0 bridgehead atoms. The van der Waals surface area contributed by atoms with E-state index in [-0.39, 0.29) is 17.9 Å². The van der Waals surface area contributed by atoms with Gasteiger partial charge in [0, 0.05) is 25.0 Å². The molecule has 0 radical (unpaired) electrons. The minimum absolute atomic E-state index is 0.0982. The molecule has 3 aromatic rings. The van der Waals surface area contributed by atoms with Gasteiger partial charge >= 0.3 is 5.97 Å². The zero-order valence-electron chi connectivity index (χ0n) is 13.6. The summed E-state index contributed by atoms with van der Waals surface area (Å²) in [6.07, 6.45) is 3.02. The average molecular weight is 341 g/mol. The van der Waals surface area contributed by atoms with Crippen molar-refractivity contribution >= 4 is 23.1 Å². The van der Waals surface area contributed by atoms with Gasteiger partial charge in [-0.3, -0.25) is 9.59 Å². The minimum Gasteiger partial charge on any atom is -0.462 e. The number of carbonyl (C=O) groups excluding carboxylic acids is 2. The van der Waals surface area contributed by atoms with Crippen molar-refractivity contribution in [3.63, 3.8) is 0 Å². The molecule has 0 spiro atoms. The van der Waals surface area contributed by atoms with Crippen LogP contribution in [0.25, 0.3) is 5.52 Å². The maximum Gasteiger partial charge on any atom is 0.341 e. The van der Waals surface area contributed by atoms with Crippen LogP contribution in [0.3, 0.4) is 0 Å². The van der Waals surface area contributed by atoms with E-state index in [1.54, 1.807) is 25.3 Å². The number of hydrogen-bond donors (Lipinski definition) is 1. The van der Waals surface area contributed by atoms with Crippen molar-refractivity contribution in [1.29, 1.82) is 0 Å². The van der Waals surface area contributed by atoms with Crippen LogP contribution in [0.5, 0.6) is 0 Å². The third kappa shape index (κ3) is 3.25. The third-order valence-electron chi connectivity index (χ3n) is 3.47. The number of rotatable bonds is 4. The lowest BCUT2D eigenvalue weighted by molar-refractivity contribution is 0.0528. The molecule has 9 nitrogen and oxygen atoms in total. The Hall–Kier alpha value is -3.49. The molecule has 0 atom stereocenters. The van der Waals surface area contributed by atoms with Gasteiger partial charge in [0.15, 0.2) is 0 Å². The summed E-state index contributed by atoms with van der Waals surface area (Å²) >= 11 is 0. The van der Waals surface area contributed by atoms with Crippen molar-refractivity contribution in [1.82, 2.24) is 19.4 Å². The molecule has 0 saturated heterocycles. The van der Waals surface area contributed by atoms with Crippen molar-refractivity contribution in [2.75, 3.05) is 11.9 Å². The Morgan fingerprint density at radius 3 is 2.80 bits per heavy atom. The molecule has 0 aliphatic rings. The van der Waals surface area contributed by atoms with Crippen molar-refractivity contribution in [2.24, 2.45) is 7.05 Å². The summed E-state index contributed by atoms with van der Waals surface area (Å²) in [6.45, 7) is 1.97. The van der Waals surface area contributed by atoms with Crippen LogP contribution in [0.15, 0.2) is 41.5 Å². The molecule has 1 N–H and O–H groups in total. The molecule has 0 aliphatic carbocycles. The van der Waals surface area contributed by atoms with E-state index >= 15 is 0 Å². The Morgan fingerprint density at radius 1 is 1.28 bits per heavy atom. The van der Waals surface area contributed by atoms with Crippen LogP contribution in [0, 0.1) is 0 Å². The van der Waals surface area contributed by atoms with Gasteiger partial charge in [0.1, 0.15) is 11.3 Å². The second-order valence-electron chi connectivity index (χ2n) is 5.16. The van der Waals surface area contributed by atoms with E-state index in [0.29, 0.717) is 16.8 Å². The number of anilines is 1. The van der Waals surface area contributed by atoms with Crippen molar-refractivity contribution in [3.8, 4) is 0 Å². The van der Waals surface area contributed by atoms with Crippen LogP contribution in [0.2, 0.25) is 0 Å². The Bertz CT molecular complexity index is 1020. The normalized spacial score (nSPS) is 10.6. The van der Waals surface area contributed by atoms with E-state index in [1.807, 2.05) is 0 Å². The molecule has 128 valence electrons. The Kier molecular flexibility index (Phi) is 4.29. The summed E-state index contributed by atoms with van der Waals surface area (Å²) in [5.41, 5.74) is 1.06. The van der Waals surface area contributed by atoms with E-state index in [1.165, 1.54) is 29.9 Å². The van der Waals surface area contributed by atoms with Crippen LogP contribution in [0.4, 0.5) is 5.69 Å². The highest BCUT2D eigenvalue weighted by molar-refractivity contribution is 6.03. The summed E-state index contributed by atoms with van der Waals surface area (Å²) < 4.78 is 7.57. The zero-order chi connectivity index (χ0) is 18.0. The lowest BCUT2D eigenvalue weighted by Gasteiger charge is -2.06. The molecular weight excluding hydrogens is 326 g/mol. The topological polar surface area (TPSA) is 108 Å². The van der Waals surface area contributed by atoms with Crippen molar-refractivity contribution in [2.45, 2.75) is 6.92 Å². The lowest BCUT2D eigenvalue weighted by Crippen LogP contribution is -2.23. The number of nitrogens with one attached hydrogen (secondary N) is 1. The molecular formula is C16H15N5O4. The number of carbonyl (C=O) groups is 2. The Morgan fingerprint density at radius 2 is 2.08 bits per heavy atom. The van der Waals surface area contributed by atoms with Crippen LogP contribution in [-0.4, -0.2) is 37.9 Å². The van der Waals surface area contributed by atoms with Crippen LogP contribution in [-0.2, 0) is 11.8 Å². The van der Waals surface area contributed by atoms with E-state index < -0.39 is 11.9 Å². The molecule has 25 heavy (non-hydrogen) atoms. The first kappa shape index (κ1) is 16.4. The monoisotopic (exact) mass is 341 g/mol. The number of amides is 1. The number of aromatic nitrogens is 4. The van der Waals surface area contributed by atoms with Gasteiger partial charge < -0.3 is 10.1 Å². The van der Waals surface area contributed by atoms with Gasteiger partial charge in [-0.1, -0.05) is 0 Å². The first-order valence-corrected chi connectivity index (χ1v) is 7.50. The molecule has 9 heteroatoms. The molecule has 3 rings (SSSR count). The molecule has 0 fully saturated rings. The fourth-order valence-electron chi connectivity index (χ4n) is 2.24. The number of nitrogens with zero attached hydrogens (tertiary/aromatic N) is 4. The fraction of sp³-hybridized carbons (Fsp3) is 0.188. The van der Waals surface area contributed by atoms with Gasteiger partial charge in [0.25, 0.3) is 11.5 Å². The maximum atomic E-state index is 12.3. The van der Waals surface area contributed by atoms with Gasteiger partial charge in [-0.15, -0.1) is 0 Å². The van der Waals surface area contributed by atoms with Crippen LogP contribution in [0.1, 0.15) is 27.8 Å². The molecule has 0 saturated carbocycles. The smallest absolute Gasteiger partial charge is 0.341 e. The van der Waals surface area contributed by atoms with Gasteiger partial charge in [0.05, 0.1) is 18.3 Å². The number of fused-ring (bicyclic) bond motifs is 1. The Balaban J connectivity index is 1.89. The highest BCUT2D eigenvalue weighted by Gasteiger charge is 2.15. The third-order valence-corrected chi connectivity index (χ3v) is 3.47. The van der Waals surface area contributed by atoms with Crippen LogP contribution < -0.4 is 10.9 Å². The average Bonchev–Trinajstić information content (AvgIpc) is 3.00. The maximum absolute atomic E-state index is 12.3. The highest BCUT2D eigenvalue weighted by Crippen LogP contribution is 2.17. The number of pyridine rings is 1. The van der Waals surface area contributed by atoms with E-state index in [2.05, 4.69) is 15.5 Å². The zero-order valence-corrected chi connectivity index (χ0v) is 13.6. The quantitative estimate of drug-likeness (QED) is 0.705. The van der Waals surface area contributed by atoms with Crippen molar-refractivity contribution in [3.05, 3.63) is 58.3 Å². The lowest BCUT2D eigenvalue weighted by atomic mass is 10.2. The van der Waals surface area contributed by atoms with Crippen LogP contribution >= 0.6 is 0 Å². The molecule has 0 unspecified atom stereocenters. The summed E-state index contributed by atoms with van der Waals surface area (Å²) in [4.78, 5) is 35.5. The summed E-state index contributed by atoms with van der Waals surface area (Å²) in [5.74, 6) is -0.960. The standard InChI is InChI=1S/C16H15N5O4/c1-3-25-16(24)11-9-17-21-7-6-10(8-13(11)21)18-15(23)12-4-5-14(22)20(2)19-12/h4-9H,3H2,1-2H3,(H,18,23). The summed E-state index contributed by atoms with van der Waals surface area (Å²) in [5, 5.41) is 10.6. The number of hydrogen-bond acceptors (Lipinski definition) is 6. The Labute approximate surface area is 141 Å². The molecule has 0 aromatic carbocycles. The first-order chi connectivity index (χ1) is 12.0. The summed E-state index contributed by atoms with van der Waals surface area (Å²) in [6, 6.07) is 5.86. The molecule has 0 aliphatic heterocycles. The largest absolute Gasteiger partial charge is 0.462 e. The number of esters is 1. The predicted octanol–water partition coefficient (Wildman–Crippen LogP) is 0.857. The second kappa shape index (κ2) is 6.56.